The molecule has 0 spiro atoms. The van der Waals surface area contributed by atoms with Gasteiger partial charge in [0.1, 0.15) is 0 Å². The molecule has 1 heterocycles. The molecule has 1 aliphatic rings. The molecule has 1 fully saturated rings. The average molecular weight is 302 g/mol. The van der Waals surface area contributed by atoms with E-state index in [0.717, 1.165) is 12.5 Å². The molecule has 1 saturated heterocycles. The van der Waals surface area contributed by atoms with Crippen molar-refractivity contribution in [2.75, 3.05) is 21.3 Å². The fourth-order valence-electron chi connectivity index (χ4n) is 1.97. The first-order valence-corrected chi connectivity index (χ1v) is 10.0. The maximum atomic E-state index is 5.46. The highest BCUT2D eigenvalue weighted by Crippen LogP contribution is 2.66. The van der Waals surface area contributed by atoms with Gasteiger partial charge in [0.15, 0.2) is 0 Å². The SMILES string of the molecule is CO[Si](CCc1ccccc1C1SS1)(OC)OC. The normalized spacial score (nSPS) is 15.9. The minimum atomic E-state index is -2.45. The Morgan fingerprint density at radius 2 is 1.67 bits per heavy atom. The Hall–Kier alpha value is 0.0169. The molecule has 18 heavy (non-hydrogen) atoms. The summed E-state index contributed by atoms with van der Waals surface area (Å²) in [6.07, 6.45) is 0.940. The first kappa shape index (κ1) is 14.4. The van der Waals surface area contributed by atoms with Crippen LogP contribution in [0.25, 0.3) is 0 Å². The van der Waals surface area contributed by atoms with Gasteiger partial charge in [0.25, 0.3) is 0 Å². The number of benzene rings is 1. The van der Waals surface area contributed by atoms with Crippen LogP contribution in [-0.4, -0.2) is 30.1 Å². The Morgan fingerprint density at radius 3 is 2.22 bits per heavy atom. The summed E-state index contributed by atoms with van der Waals surface area (Å²) >= 11 is 0. The Kier molecular flexibility index (Phi) is 5.17. The molecular formula is C12H18O3S2Si. The molecule has 0 aromatic heterocycles. The predicted molar refractivity (Wildman–Crippen MR) is 79.7 cm³/mol. The number of aryl methyl sites for hydroxylation is 1. The zero-order valence-electron chi connectivity index (χ0n) is 10.8. The molecule has 100 valence electrons. The van der Waals surface area contributed by atoms with Gasteiger partial charge >= 0.3 is 8.80 Å². The fourth-order valence-corrected chi connectivity index (χ4v) is 5.17. The molecule has 0 atom stereocenters. The van der Waals surface area contributed by atoms with E-state index in [1.165, 1.54) is 11.1 Å². The summed E-state index contributed by atoms with van der Waals surface area (Å²) in [5.41, 5.74) is 2.81. The van der Waals surface area contributed by atoms with E-state index in [4.69, 9.17) is 13.3 Å². The number of hydrogen-bond donors (Lipinski definition) is 0. The van der Waals surface area contributed by atoms with Gasteiger partial charge in [-0.1, -0.05) is 45.9 Å². The largest absolute Gasteiger partial charge is 0.500 e. The molecule has 6 heteroatoms. The number of rotatable bonds is 7. The van der Waals surface area contributed by atoms with Crippen molar-refractivity contribution >= 4 is 30.4 Å². The van der Waals surface area contributed by atoms with Crippen LogP contribution in [-0.2, 0) is 19.7 Å². The lowest BCUT2D eigenvalue weighted by molar-refractivity contribution is 0.123. The highest BCUT2D eigenvalue weighted by atomic mass is 33.2. The van der Waals surface area contributed by atoms with Crippen molar-refractivity contribution < 1.29 is 13.3 Å². The van der Waals surface area contributed by atoms with E-state index < -0.39 is 8.80 Å². The van der Waals surface area contributed by atoms with Gasteiger partial charge in [0, 0.05) is 27.4 Å². The van der Waals surface area contributed by atoms with Crippen LogP contribution in [0.15, 0.2) is 24.3 Å². The van der Waals surface area contributed by atoms with E-state index in [1.807, 2.05) is 21.6 Å². The highest BCUT2D eigenvalue weighted by molar-refractivity contribution is 8.92. The van der Waals surface area contributed by atoms with E-state index in [-0.39, 0.29) is 0 Å². The second-order valence-corrected chi connectivity index (χ2v) is 9.89. The molecule has 0 saturated carbocycles. The molecule has 1 aliphatic heterocycles. The summed E-state index contributed by atoms with van der Waals surface area (Å²) in [6, 6.07) is 9.41. The first-order chi connectivity index (χ1) is 8.74. The second kappa shape index (κ2) is 6.45. The quantitative estimate of drug-likeness (QED) is 0.436. The van der Waals surface area contributed by atoms with Crippen LogP contribution in [0.1, 0.15) is 15.7 Å². The van der Waals surface area contributed by atoms with Crippen molar-refractivity contribution in [3.05, 3.63) is 35.4 Å². The van der Waals surface area contributed by atoms with Crippen LogP contribution in [0.4, 0.5) is 0 Å². The summed E-state index contributed by atoms with van der Waals surface area (Å²) in [4.78, 5) is 0. The molecule has 2 rings (SSSR count). The molecule has 0 amide bonds. The van der Waals surface area contributed by atoms with Crippen molar-refractivity contribution in [2.45, 2.75) is 17.0 Å². The minimum absolute atomic E-state index is 0.616. The highest BCUT2D eigenvalue weighted by Gasteiger charge is 2.38. The van der Waals surface area contributed by atoms with E-state index in [0.29, 0.717) is 4.58 Å². The van der Waals surface area contributed by atoms with E-state index in [2.05, 4.69) is 24.3 Å². The monoisotopic (exact) mass is 302 g/mol. The summed E-state index contributed by atoms with van der Waals surface area (Å²) in [5, 5.41) is 0. The van der Waals surface area contributed by atoms with Crippen LogP contribution in [0.2, 0.25) is 6.04 Å². The molecule has 0 aliphatic carbocycles. The van der Waals surface area contributed by atoms with E-state index in [9.17, 15) is 0 Å². The van der Waals surface area contributed by atoms with E-state index in [1.54, 1.807) is 21.3 Å². The Bertz CT molecular complexity index is 386. The molecule has 1 aromatic carbocycles. The van der Waals surface area contributed by atoms with Crippen molar-refractivity contribution in [3.8, 4) is 0 Å². The van der Waals surface area contributed by atoms with Gasteiger partial charge in [0.05, 0.1) is 4.58 Å². The van der Waals surface area contributed by atoms with Gasteiger partial charge in [-0.2, -0.15) is 0 Å². The van der Waals surface area contributed by atoms with Crippen LogP contribution >= 0.6 is 21.6 Å². The maximum Gasteiger partial charge on any atom is 0.500 e. The average Bonchev–Trinajstić information content (AvgIpc) is 3.26. The Labute approximate surface area is 117 Å². The van der Waals surface area contributed by atoms with E-state index >= 15 is 0 Å². The number of hydrogen-bond acceptors (Lipinski definition) is 5. The zero-order valence-corrected chi connectivity index (χ0v) is 13.5. The summed E-state index contributed by atoms with van der Waals surface area (Å²) < 4.78 is 17.0. The lowest BCUT2D eigenvalue weighted by Crippen LogP contribution is -2.43. The lowest BCUT2D eigenvalue weighted by Gasteiger charge is -2.24. The third-order valence-corrected chi connectivity index (χ3v) is 7.91. The van der Waals surface area contributed by atoms with Crippen molar-refractivity contribution in [2.24, 2.45) is 0 Å². The van der Waals surface area contributed by atoms with Gasteiger partial charge in [-0.3, -0.25) is 0 Å². The Morgan fingerprint density at radius 1 is 1.06 bits per heavy atom. The molecule has 0 radical (unpaired) electrons. The summed E-state index contributed by atoms with van der Waals surface area (Å²) in [5.74, 6) is 0. The molecule has 1 aromatic rings. The van der Waals surface area contributed by atoms with Gasteiger partial charge in [-0.25, -0.2) is 0 Å². The fraction of sp³-hybridized carbons (Fsp3) is 0.500. The smallest absolute Gasteiger partial charge is 0.377 e. The van der Waals surface area contributed by atoms with Gasteiger partial charge in [0.2, 0.25) is 0 Å². The molecule has 0 unspecified atom stereocenters. The van der Waals surface area contributed by atoms with Crippen LogP contribution in [0, 0.1) is 0 Å². The molecular weight excluding hydrogens is 284 g/mol. The van der Waals surface area contributed by atoms with Crippen LogP contribution < -0.4 is 0 Å². The van der Waals surface area contributed by atoms with Crippen LogP contribution in [0.3, 0.4) is 0 Å². The zero-order chi connectivity index (χ0) is 13.0. The van der Waals surface area contributed by atoms with Crippen LogP contribution in [0.5, 0.6) is 0 Å². The summed E-state index contributed by atoms with van der Waals surface area (Å²) in [7, 11) is 6.38. The minimum Gasteiger partial charge on any atom is -0.377 e. The van der Waals surface area contributed by atoms with Crippen molar-refractivity contribution in [1.29, 1.82) is 0 Å². The van der Waals surface area contributed by atoms with Gasteiger partial charge in [-0.15, -0.1) is 0 Å². The van der Waals surface area contributed by atoms with Gasteiger partial charge < -0.3 is 13.3 Å². The lowest BCUT2D eigenvalue weighted by atomic mass is 10.1. The summed E-state index contributed by atoms with van der Waals surface area (Å²) in [6.45, 7) is 0. The van der Waals surface area contributed by atoms with Crippen molar-refractivity contribution in [1.82, 2.24) is 0 Å². The standard InChI is InChI=1S/C12H18O3S2Si/c1-13-18(14-2,15-3)9-8-10-6-4-5-7-11(10)12-16-17-12/h4-7,12H,8-9H2,1-3H3. The molecule has 0 bridgehead atoms. The van der Waals surface area contributed by atoms with Crippen molar-refractivity contribution in [3.63, 3.8) is 0 Å². The molecule has 0 N–H and O–H groups in total. The second-order valence-electron chi connectivity index (χ2n) is 4.02. The van der Waals surface area contributed by atoms with Gasteiger partial charge in [-0.05, 0) is 17.5 Å². The Balaban J connectivity index is 2.05. The topological polar surface area (TPSA) is 27.7 Å². The predicted octanol–water partition coefficient (Wildman–Crippen LogP) is 3.50. The third-order valence-electron chi connectivity index (χ3n) is 3.14. The molecule has 3 nitrogen and oxygen atoms in total. The maximum absolute atomic E-state index is 5.46. The first-order valence-electron chi connectivity index (χ1n) is 5.80. The third kappa shape index (κ3) is 3.31.